The van der Waals surface area contributed by atoms with Crippen LogP contribution < -0.4 is 0 Å². The van der Waals surface area contributed by atoms with Crippen molar-refractivity contribution in [2.24, 2.45) is 35.5 Å². The summed E-state index contributed by atoms with van der Waals surface area (Å²) in [7, 11) is 0. The second kappa shape index (κ2) is 6.64. The fourth-order valence-electron chi connectivity index (χ4n) is 7.93. The summed E-state index contributed by atoms with van der Waals surface area (Å²) in [5, 5.41) is 12.3. The predicted molar refractivity (Wildman–Crippen MR) is 113 cm³/mol. The fourth-order valence-corrected chi connectivity index (χ4v) is 7.93. The molecular formula is C25H36O6. The minimum Gasteiger partial charge on any atom is -0.455 e. The van der Waals surface area contributed by atoms with Crippen LogP contribution in [0.5, 0.6) is 0 Å². The Kier molecular flexibility index (Phi) is 4.63. The van der Waals surface area contributed by atoms with E-state index in [1.807, 2.05) is 13.8 Å². The molecule has 0 aromatic carbocycles. The monoisotopic (exact) mass is 432 g/mol. The Morgan fingerprint density at radius 1 is 1.26 bits per heavy atom. The molecule has 0 aromatic rings. The number of Topliss-reactive ketones (excluding diaryl/α,β-unsaturated/α-hetero) is 1. The standard InChI is InChI=1S/C25H36O6/c1-12(2)11-24-25(28)15(5)20-17(30-24)9-14(4)19(20)21(27)22(25)23(6,31-24)8-7-16-13(3)10-18(26)29-16/h10,12,14-17,19-20,22,28H,7-9,11H2,1-6H3/t14-,15+,16-,17-,19+,20-,22-,23+,24+,25+/m0/s1. The SMILES string of the molecule is CC1=CC(=O)O[C@H]1CC[C@@]1(C)O[C@@]2(CC(C)C)O[C@H]3C[C@H](C)[C@H]4C(=O)[C@@H]1[C@]2(O)[C@H](C)[C@H]43. The van der Waals surface area contributed by atoms with Crippen molar-refractivity contribution in [3.8, 4) is 0 Å². The van der Waals surface area contributed by atoms with Gasteiger partial charge in [-0.15, -0.1) is 0 Å². The first-order valence-corrected chi connectivity index (χ1v) is 12.0. The van der Waals surface area contributed by atoms with E-state index < -0.39 is 22.9 Å². The van der Waals surface area contributed by atoms with Crippen molar-refractivity contribution < 1.29 is 28.9 Å². The van der Waals surface area contributed by atoms with Crippen LogP contribution in [0.25, 0.3) is 0 Å². The van der Waals surface area contributed by atoms with Gasteiger partial charge in [-0.1, -0.05) is 27.7 Å². The molecule has 6 heteroatoms. The highest BCUT2D eigenvalue weighted by molar-refractivity contribution is 5.89. The lowest BCUT2D eigenvalue weighted by atomic mass is 9.52. The van der Waals surface area contributed by atoms with E-state index in [0.29, 0.717) is 19.3 Å². The number of carbonyl (C=O) groups is 2. The normalized spacial score (nSPS) is 52.6. The van der Waals surface area contributed by atoms with Crippen LogP contribution in [0.1, 0.15) is 67.2 Å². The van der Waals surface area contributed by atoms with E-state index in [1.54, 1.807) is 0 Å². The quantitative estimate of drug-likeness (QED) is 0.671. The number of esters is 1. The molecular weight excluding hydrogens is 396 g/mol. The van der Waals surface area contributed by atoms with E-state index in [9.17, 15) is 14.7 Å². The number of ketones is 1. The zero-order valence-electron chi connectivity index (χ0n) is 19.5. The molecule has 0 aromatic heterocycles. The van der Waals surface area contributed by atoms with E-state index in [2.05, 4.69) is 27.7 Å². The first-order valence-electron chi connectivity index (χ1n) is 12.0. The third kappa shape index (κ3) is 2.67. The van der Waals surface area contributed by atoms with Gasteiger partial charge in [-0.05, 0) is 56.4 Å². The maximum absolute atomic E-state index is 14.0. The zero-order chi connectivity index (χ0) is 22.5. The second-order valence-corrected chi connectivity index (χ2v) is 11.5. The molecule has 31 heavy (non-hydrogen) atoms. The van der Waals surface area contributed by atoms with E-state index in [4.69, 9.17) is 14.2 Å². The highest BCUT2D eigenvalue weighted by atomic mass is 16.7. The lowest BCUT2D eigenvalue weighted by Gasteiger charge is -2.58. The molecule has 6 nitrogen and oxygen atoms in total. The lowest BCUT2D eigenvalue weighted by Crippen LogP contribution is -2.72. The Hall–Kier alpha value is -1.24. The molecule has 5 aliphatic rings. The van der Waals surface area contributed by atoms with Crippen LogP contribution in [0.3, 0.4) is 0 Å². The van der Waals surface area contributed by atoms with E-state index in [1.165, 1.54) is 6.08 Å². The van der Waals surface area contributed by atoms with Crippen LogP contribution in [0.2, 0.25) is 0 Å². The third-order valence-corrected chi connectivity index (χ3v) is 9.04. The van der Waals surface area contributed by atoms with Crippen LogP contribution in [0.4, 0.5) is 0 Å². The van der Waals surface area contributed by atoms with Gasteiger partial charge in [-0.3, -0.25) is 4.79 Å². The van der Waals surface area contributed by atoms with Crippen molar-refractivity contribution in [2.75, 3.05) is 0 Å². The highest BCUT2D eigenvalue weighted by Gasteiger charge is 2.81. The number of ether oxygens (including phenoxy) is 3. The molecule has 5 rings (SSSR count). The first-order chi connectivity index (χ1) is 14.4. The van der Waals surface area contributed by atoms with Gasteiger partial charge in [0.2, 0.25) is 0 Å². The number of rotatable bonds is 5. The van der Waals surface area contributed by atoms with Crippen molar-refractivity contribution in [3.63, 3.8) is 0 Å². The van der Waals surface area contributed by atoms with Crippen LogP contribution in [0, 0.1) is 35.5 Å². The summed E-state index contributed by atoms with van der Waals surface area (Å²) in [6.45, 7) is 12.3. The number of cyclic esters (lactones) is 1. The maximum Gasteiger partial charge on any atom is 0.331 e. The average Bonchev–Trinajstić information content (AvgIpc) is 3.21. The van der Waals surface area contributed by atoms with Gasteiger partial charge >= 0.3 is 5.97 Å². The van der Waals surface area contributed by atoms with Crippen molar-refractivity contribution in [3.05, 3.63) is 11.6 Å². The van der Waals surface area contributed by atoms with Gasteiger partial charge in [0, 0.05) is 24.3 Å². The fraction of sp³-hybridized carbons (Fsp3) is 0.840. The van der Waals surface area contributed by atoms with E-state index in [-0.39, 0.29) is 53.6 Å². The number of carbonyl (C=O) groups excluding carboxylic acids is 2. The van der Waals surface area contributed by atoms with Gasteiger partial charge < -0.3 is 19.3 Å². The summed E-state index contributed by atoms with van der Waals surface area (Å²) in [5.41, 5.74) is -1.33. The minimum atomic E-state index is -1.35. The van der Waals surface area contributed by atoms with Gasteiger partial charge in [0.15, 0.2) is 5.79 Å². The van der Waals surface area contributed by atoms with Gasteiger partial charge in [0.25, 0.3) is 0 Å². The summed E-state index contributed by atoms with van der Waals surface area (Å²) >= 11 is 0. The Labute approximate surface area is 184 Å². The van der Waals surface area contributed by atoms with Crippen LogP contribution in [-0.2, 0) is 23.8 Å². The molecule has 3 aliphatic heterocycles. The molecule has 0 spiro atoms. The second-order valence-electron chi connectivity index (χ2n) is 11.5. The summed E-state index contributed by atoms with van der Waals surface area (Å²) in [4.78, 5) is 25.6. The minimum absolute atomic E-state index is 0.0518. The van der Waals surface area contributed by atoms with E-state index >= 15 is 0 Å². The largest absolute Gasteiger partial charge is 0.455 e. The predicted octanol–water partition coefficient (Wildman–Crippen LogP) is 3.41. The number of hydrogen-bond donors (Lipinski definition) is 1. The van der Waals surface area contributed by atoms with Crippen molar-refractivity contribution in [2.45, 2.75) is 96.4 Å². The van der Waals surface area contributed by atoms with Gasteiger partial charge in [-0.2, -0.15) is 0 Å². The Bertz CT molecular complexity index is 849. The number of hydrogen-bond acceptors (Lipinski definition) is 6. The lowest BCUT2D eigenvalue weighted by molar-refractivity contribution is -0.369. The van der Waals surface area contributed by atoms with Crippen molar-refractivity contribution in [1.82, 2.24) is 0 Å². The molecule has 4 fully saturated rings. The van der Waals surface area contributed by atoms with Crippen LogP contribution in [-0.4, -0.2) is 46.1 Å². The summed E-state index contributed by atoms with van der Waals surface area (Å²) < 4.78 is 18.9. The third-order valence-electron chi connectivity index (χ3n) is 9.04. The highest BCUT2D eigenvalue weighted by Crippen LogP contribution is 2.69. The van der Waals surface area contributed by atoms with Gasteiger partial charge in [0.1, 0.15) is 17.5 Å². The van der Waals surface area contributed by atoms with Crippen LogP contribution in [0.15, 0.2) is 11.6 Å². The first kappa shape index (κ1) is 21.6. The summed E-state index contributed by atoms with van der Waals surface area (Å²) in [6.07, 6.45) is 3.64. The maximum atomic E-state index is 14.0. The molecule has 0 unspecified atom stereocenters. The Morgan fingerprint density at radius 3 is 2.58 bits per heavy atom. The molecule has 1 N–H and O–H groups in total. The average molecular weight is 433 g/mol. The van der Waals surface area contributed by atoms with Gasteiger partial charge in [-0.25, -0.2) is 4.79 Å². The molecule has 2 saturated carbocycles. The summed E-state index contributed by atoms with van der Waals surface area (Å²) in [5.74, 6) is -1.61. The Morgan fingerprint density at radius 2 is 1.97 bits per heavy atom. The summed E-state index contributed by atoms with van der Waals surface area (Å²) in [6, 6.07) is 0. The number of aliphatic hydroxyl groups is 1. The smallest absolute Gasteiger partial charge is 0.331 e. The van der Waals surface area contributed by atoms with Crippen molar-refractivity contribution >= 4 is 11.8 Å². The molecule has 2 aliphatic carbocycles. The molecule has 3 heterocycles. The zero-order valence-corrected chi connectivity index (χ0v) is 19.5. The molecule has 10 atom stereocenters. The molecule has 0 radical (unpaired) electrons. The topological polar surface area (TPSA) is 82.1 Å². The van der Waals surface area contributed by atoms with Crippen LogP contribution >= 0.6 is 0 Å². The molecule has 172 valence electrons. The van der Waals surface area contributed by atoms with Crippen molar-refractivity contribution in [1.29, 1.82) is 0 Å². The molecule has 0 amide bonds. The van der Waals surface area contributed by atoms with Gasteiger partial charge in [0.05, 0.1) is 17.6 Å². The molecule has 2 saturated heterocycles. The molecule has 2 bridgehead atoms. The Balaban J connectivity index is 1.55. The van der Waals surface area contributed by atoms with E-state index in [0.717, 1.165) is 12.0 Å².